The summed E-state index contributed by atoms with van der Waals surface area (Å²) in [6.45, 7) is 0. The first-order valence-corrected chi connectivity index (χ1v) is 17.3. The predicted molar refractivity (Wildman–Crippen MR) is 210 cm³/mol. The van der Waals surface area contributed by atoms with Crippen LogP contribution in [-0.2, 0) is 0 Å². The van der Waals surface area contributed by atoms with Gasteiger partial charge in [-0.15, -0.1) is 11.3 Å². The minimum absolute atomic E-state index is 1.14. The molecular weight excluding hydrogens is 599 g/mol. The van der Waals surface area contributed by atoms with Crippen LogP contribution in [0.1, 0.15) is 0 Å². The van der Waals surface area contributed by atoms with Crippen molar-refractivity contribution in [1.29, 1.82) is 0 Å². The van der Waals surface area contributed by atoms with Crippen LogP contribution < -0.4 is 4.90 Å². The molecule has 0 amide bonds. The number of fused-ring (bicyclic) bond motifs is 5. The molecule has 1 aromatic heterocycles. The van der Waals surface area contributed by atoms with Crippen LogP contribution in [0.3, 0.4) is 0 Å². The minimum Gasteiger partial charge on any atom is -0.310 e. The van der Waals surface area contributed by atoms with E-state index in [4.69, 9.17) is 0 Å². The Labute approximate surface area is 280 Å². The van der Waals surface area contributed by atoms with Gasteiger partial charge < -0.3 is 4.90 Å². The molecule has 11 aromatic rings. The lowest BCUT2D eigenvalue weighted by Gasteiger charge is -2.27. The molecule has 0 fully saturated rings. The molecule has 48 heavy (non-hydrogen) atoms. The van der Waals surface area contributed by atoms with Gasteiger partial charge in [-0.2, -0.15) is 0 Å². The average Bonchev–Trinajstić information content (AvgIpc) is 3.51. The fraction of sp³-hybridized carbons (Fsp3) is 0. The van der Waals surface area contributed by atoms with Crippen LogP contribution in [0.4, 0.5) is 17.1 Å². The van der Waals surface area contributed by atoms with Crippen molar-refractivity contribution in [3.05, 3.63) is 164 Å². The molecule has 0 unspecified atom stereocenters. The van der Waals surface area contributed by atoms with Crippen LogP contribution in [-0.4, -0.2) is 0 Å². The summed E-state index contributed by atoms with van der Waals surface area (Å²) in [4.78, 5) is 2.44. The molecule has 2 heteroatoms. The second-order valence-electron chi connectivity index (χ2n) is 12.9. The quantitative estimate of drug-likeness (QED) is 0.177. The summed E-state index contributed by atoms with van der Waals surface area (Å²) in [5.74, 6) is 0. The Hall–Kier alpha value is -5.96. The maximum absolute atomic E-state index is 2.45. The normalized spacial score (nSPS) is 12.2. The van der Waals surface area contributed by atoms with E-state index in [2.05, 4.69) is 169 Å². The molecule has 0 saturated heterocycles. The van der Waals surface area contributed by atoms with Gasteiger partial charge in [-0.3, -0.25) is 0 Å². The van der Waals surface area contributed by atoms with E-state index in [1.807, 2.05) is 11.3 Å². The average molecular weight is 626 g/mol. The van der Waals surface area contributed by atoms with Gasteiger partial charge in [0.05, 0.1) is 0 Å². The van der Waals surface area contributed by atoms with E-state index >= 15 is 0 Å². The van der Waals surface area contributed by atoms with Gasteiger partial charge in [-0.25, -0.2) is 0 Å². The molecule has 0 bridgehead atoms. The van der Waals surface area contributed by atoms with Crippen molar-refractivity contribution >= 4 is 113 Å². The van der Waals surface area contributed by atoms with Gasteiger partial charge >= 0.3 is 0 Å². The zero-order valence-electron chi connectivity index (χ0n) is 25.9. The zero-order chi connectivity index (χ0) is 31.3. The third-order valence-electron chi connectivity index (χ3n) is 10.3. The van der Waals surface area contributed by atoms with Crippen LogP contribution in [0, 0.1) is 0 Å². The van der Waals surface area contributed by atoms with E-state index in [1.165, 1.54) is 84.8 Å². The van der Waals surface area contributed by atoms with Gasteiger partial charge in [0.15, 0.2) is 0 Å². The topological polar surface area (TPSA) is 3.24 Å². The molecule has 10 aromatic carbocycles. The van der Waals surface area contributed by atoms with Gasteiger partial charge in [0.2, 0.25) is 0 Å². The highest BCUT2D eigenvalue weighted by Crippen LogP contribution is 2.47. The number of thiophene rings is 1. The van der Waals surface area contributed by atoms with Crippen molar-refractivity contribution in [3.63, 3.8) is 0 Å². The molecule has 0 aliphatic rings. The van der Waals surface area contributed by atoms with Crippen molar-refractivity contribution in [3.8, 4) is 0 Å². The lowest BCUT2D eigenvalue weighted by Crippen LogP contribution is -2.09. The molecule has 0 radical (unpaired) electrons. The van der Waals surface area contributed by atoms with Gasteiger partial charge in [0.1, 0.15) is 0 Å². The van der Waals surface area contributed by atoms with Crippen molar-refractivity contribution < 1.29 is 0 Å². The smallest absolute Gasteiger partial charge is 0.0474 e. The highest BCUT2D eigenvalue weighted by molar-refractivity contribution is 7.25. The number of nitrogens with zero attached hydrogens (tertiary/aromatic N) is 1. The summed E-state index contributed by atoms with van der Waals surface area (Å²) in [6.07, 6.45) is 0. The summed E-state index contributed by atoms with van der Waals surface area (Å²) in [7, 11) is 0. The molecule has 0 aliphatic carbocycles. The Morgan fingerprint density at radius 3 is 1.50 bits per heavy atom. The van der Waals surface area contributed by atoms with Gasteiger partial charge in [-0.05, 0) is 113 Å². The standard InChI is InChI=1S/C46H27NS/c1-2-12-32(13-3-1)47(33-23-24-42-39(26-33)35-14-4-5-18-41(35)48-42)34-25-31-22-21-30-10-7-16-37-36-15-6-9-28-19-20-29-11-8-17-38(45(29)43(28)36)40(27-34)46(31)44(30)37/h1-27H. The van der Waals surface area contributed by atoms with Gasteiger partial charge in [0.25, 0.3) is 0 Å². The molecule has 1 heterocycles. The van der Waals surface area contributed by atoms with Crippen LogP contribution in [0.2, 0.25) is 0 Å². The largest absolute Gasteiger partial charge is 0.310 e. The van der Waals surface area contributed by atoms with E-state index in [-0.39, 0.29) is 0 Å². The SMILES string of the molecule is c1ccc(N(c2ccc3sc4ccccc4c3c2)c2cc3ccc4cccc5c6cccc7ccc8cccc(c(c2)c3c45)c8c76)cc1. The summed E-state index contributed by atoms with van der Waals surface area (Å²) >= 11 is 1.86. The van der Waals surface area contributed by atoms with E-state index in [1.54, 1.807) is 0 Å². The summed E-state index contributed by atoms with van der Waals surface area (Å²) < 4.78 is 2.63. The number of rotatable bonds is 3. The Balaban J connectivity index is 1.32. The maximum atomic E-state index is 2.45. The van der Waals surface area contributed by atoms with Crippen molar-refractivity contribution in [2.24, 2.45) is 0 Å². The molecule has 0 saturated carbocycles. The third kappa shape index (κ3) is 3.61. The Morgan fingerprint density at radius 1 is 0.292 bits per heavy atom. The number of benzene rings is 9. The van der Waals surface area contributed by atoms with Crippen LogP contribution in [0.5, 0.6) is 0 Å². The van der Waals surface area contributed by atoms with Crippen LogP contribution in [0.15, 0.2) is 164 Å². The predicted octanol–water partition coefficient (Wildman–Crippen LogP) is 13.9. The Morgan fingerprint density at radius 2 is 0.812 bits per heavy atom. The molecule has 0 aliphatic heterocycles. The Bertz CT molecular complexity index is 3060. The van der Waals surface area contributed by atoms with Crippen LogP contribution in [0.25, 0.3) is 84.8 Å². The van der Waals surface area contributed by atoms with Crippen molar-refractivity contribution in [1.82, 2.24) is 0 Å². The number of para-hydroxylation sites is 1. The van der Waals surface area contributed by atoms with Crippen LogP contribution >= 0.6 is 11.3 Å². The number of hydrogen-bond donors (Lipinski definition) is 0. The van der Waals surface area contributed by atoms with E-state index in [9.17, 15) is 0 Å². The molecule has 0 spiro atoms. The highest BCUT2D eigenvalue weighted by Gasteiger charge is 2.20. The molecule has 0 atom stereocenters. The minimum atomic E-state index is 1.14. The lowest BCUT2D eigenvalue weighted by atomic mass is 9.87. The van der Waals surface area contributed by atoms with E-state index in [0.717, 1.165) is 17.1 Å². The lowest BCUT2D eigenvalue weighted by molar-refractivity contribution is 1.30. The monoisotopic (exact) mass is 625 g/mol. The molecule has 222 valence electrons. The van der Waals surface area contributed by atoms with Gasteiger partial charge in [-0.1, -0.05) is 115 Å². The summed E-state index contributed by atoms with van der Waals surface area (Å²) in [5.41, 5.74) is 3.44. The van der Waals surface area contributed by atoms with Crippen molar-refractivity contribution in [2.45, 2.75) is 0 Å². The Kier molecular flexibility index (Phi) is 5.32. The summed E-state index contributed by atoms with van der Waals surface area (Å²) in [6, 6.07) is 61.0. The van der Waals surface area contributed by atoms with Gasteiger partial charge in [0, 0.05) is 37.2 Å². The first-order valence-electron chi connectivity index (χ1n) is 16.5. The number of hydrogen-bond acceptors (Lipinski definition) is 2. The van der Waals surface area contributed by atoms with E-state index in [0.29, 0.717) is 0 Å². The summed E-state index contributed by atoms with van der Waals surface area (Å²) in [5, 5.41) is 18.1. The maximum Gasteiger partial charge on any atom is 0.0474 e. The first kappa shape index (κ1) is 26.1. The third-order valence-corrected chi connectivity index (χ3v) is 11.5. The molecule has 11 rings (SSSR count). The first-order chi connectivity index (χ1) is 23.8. The number of anilines is 3. The molecular formula is C46H27NS. The molecule has 0 N–H and O–H groups in total. The zero-order valence-corrected chi connectivity index (χ0v) is 26.8. The van der Waals surface area contributed by atoms with E-state index < -0.39 is 0 Å². The fourth-order valence-corrected chi connectivity index (χ4v) is 9.36. The molecule has 1 nitrogen and oxygen atoms in total. The highest BCUT2D eigenvalue weighted by atomic mass is 32.1. The second-order valence-corrected chi connectivity index (χ2v) is 14.0. The fourth-order valence-electron chi connectivity index (χ4n) is 8.27. The second kappa shape index (κ2) is 9.78. The van der Waals surface area contributed by atoms with Crippen molar-refractivity contribution in [2.75, 3.05) is 4.90 Å².